The van der Waals surface area contributed by atoms with Crippen molar-refractivity contribution in [3.8, 4) is 0 Å². The molecular formula is C15H16Cl2FN3O. The summed E-state index contributed by atoms with van der Waals surface area (Å²) in [6, 6.07) is 6.02. The van der Waals surface area contributed by atoms with Crippen LogP contribution < -0.4 is 4.90 Å². The van der Waals surface area contributed by atoms with E-state index in [0.29, 0.717) is 41.5 Å². The topological polar surface area (TPSA) is 38.2 Å². The molecule has 0 atom stereocenters. The normalized spacial score (nSPS) is 10.8. The maximum Gasteiger partial charge on any atom is 0.134 e. The number of aromatic nitrogens is 2. The molecule has 0 N–H and O–H groups in total. The van der Waals surface area contributed by atoms with Crippen molar-refractivity contribution in [3.63, 3.8) is 0 Å². The monoisotopic (exact) mass is 343 g/mol. The van der Waals surface area contributed by atoms with E-state index < -0.39 is 0 Å². The van der Waals surface area contributed by atoms with Crippen LogP contribution >= 0.6 is 23.2 Å². The first-order valence-electron chi connectivity index (χ1n) is 6.68. The highest BCUT2D eigenvalue weighted by Gasteiger charge is 2.13. The van der Waals surface area contributed by atoms with Crippen LogP contribution in [0.25, 0.3) is 0 Å². The first kappa shape index (κ1) is 16.9. The summed E-state index contributed by atoms with van der Waals surface area (Å²) in [4.78, 5) is 10.4. The lowest BCUT2D eigenvalue weighted by Crippen LogP contribution is -2.28. The van der Waals surface area contributed by atoms with Gasteiger partial charge in [0.25, 0.3) is 0 Å². The van der Waals surface area contributed by atoms with Crippen molar-refractivity contribution < 1.29 is 9.13 Å². The molecular weight excluding hydrogens is 328 g/mol. The lowest BCUT2D eigenvalue weighted by atomic mass is 10.2. The van der Waals surface area contributed by atoms with Crippen molar-refractivity contribution in [2.45, 2.75) is 13.5 Å². The summed E-state index contributed by atoms with van der Waals surface area (Å²) in [5.41, 5.74) is 0.798. The number of ether oxygens (including phenoxy) is 1. The summed E-state index contributed by atoms with van der Waals surface area (Å²) >= 11 is 12.1. The first-order chi connectivity index (χ1) is 10.5. The van der Waals surface area contributed by atoms with E-state index in [1.165, 1.54) is 12.1 Å². The molecule has 0 bridgehead atoms. The number of nitrogens with zero attached hydrogens (tertiary/aromatic N) is 3. The van der Waals surface area contributed by atoms with Gasteiger partial charge in [0.15, 0.2) is 0 Å². The minimum absolute atomic E-state index is 0.363. The van der Waals surface area contributed by atoms with Gasteiger partial charge in [0.2, 0.25) is 0 Å². The van der Waals surface area contributed by atoms with Crippen LogP contribution in [0.15, 0.2) is 24.3 Å². The first-order valence-corrected chi connectivity index (χ1v) is 7.44. The van der Waals surface area contributed by atoms with Crippen LogP contribution in [0.3, 0.4) is 0 Å². The molecule has 2 rings (SSSR count). The van der Waals surface area contributed by atoms with Crippen molar-refractivity contribution in [2.75, 3.05) is 25.2 Å². The Kier molecular flexibility index (Phi) is 5.94. The molecule has 0 spiro atoms. The molecule has 0 saturated carbocycles. The number of methoxy groups -OCH3 is 1. The Hall–Kier alpha value is -1.43. The Balaban J connectivity index is 2.29. The number of benzene rings is 1. The Bertz CT molecular complexity index is 634. The minimum Gasteiger partial charge on any atom is -0.383 e. The summed E-state index contributed by atoms with van der Waals surface area (Å²) in [6.07, 6.45) is 0. The average molecular weight is 344 g/mol. The van der Waals surface area contributed by atoms with Gasteiger partial charge in [-0.25, -0.2) is 14.4 Å². The van der Waals surface area contributed by atoms with E-state index in [9.17, 15) is 4.39 Å². The van der Waals surface area contributed by atoms with Gasteiger partial charge in [-0.3, -0.25) is 0 Å². The molecule has 4 nitrogen and oxygen atoms in total. The summed E-state index contributed by atoms with van der Waals surface area (Å²) in [7, 11) is 1.63. The second kappa shape index (κ2) is 7.72. The minimum atomic E-state index is -0.363. The van der Waals surface area contributed by atoms with E-state index in [1.54, 1.807) is 26.2 Å². The fourth-order valence-corrected chi connectivity index (χ4v) is 2.46. The average Bonchev–Trinajstić information content (AvgIpc) is 2.44. The third-order valence-electron chi connectivity index (χ3n) is 3.06. The van der Waals surface area contributed by atoms with E-state index in [-0.39, 0.29) is 5.82 Å². The van der Waals surface area contributed by atoms with E-state index >= 15 is 0 Å². The van der Waals surface area contributed by atoms with Gasteiger partial charge < -0.3 is 9.64 Å². The second-order valence-electron chi connectivity index (χ2n) is 4.75. The molecule has 1 aromatic carbocycles. The van der Waals surface area contributed by atoms with Gasteiger partial charge >= 0.3 is 0 Å². The molecule has 2 aromatic rings. The highest BCUT2D eigenvalue weighted by atomic mass is 35.5. The van der Waals surface area contributed by atoms with Gasteiger partial charge in [-0.05, 0) is 24.6 Å². The number of hydrogen-bond donors (Lipinski definition) is 0. The SMILES string of the molecule is COCCN(Cc1ccc(F)cc1Cl)c1cc(Cl)nc(C)n1. The summed E-state index contributed by atoms with van der Waals surface area (Å²) in [6.45, 7) is 3.35. The third-order valence-corrected chi connectivity index (χ3v) is 3.60. The van der Waals surface area contributed by atoms with Crippen LogP contribution in [0.5, 0.6) is 0 Å². The van der Waals surface area contributed by atoms with E-state index in [4.69, 9.17) is 27.9 Å². The second-order valence-corrected chi connectivity index (χ2v) is 5.54. The Morgan fingerprint density at radius 2 is 2.00 bits per heavy atom. The van der Waals surface area contributed by atoms with E-state index in [1.807, 2.05) is 4.90 Å². The molecule has 7 heteroatoms. The van der Waals surface area contributed by atoms with Gasteiger partial charge in [-0.2, -0.15) is 0 Å². The van der Waals surface area contributed by atoms with Gasteiger partial charge in [0.1, 0.15) is 22.6 Å². The van der Waals surface area contributed by atoms with Gasteiger partial charge in [-0.1, -0.05) is 29.3 Å². The number of aryl methyl sites for hydroxylation is 1. The number of halogens is 3. The summed E-state index contributed by atoms with van der Waals surface area (Å²) in [5.74, 6) is 0.892. The van der Waals surface area contributed by atoms with Crippen molar-refractivity contribution in [3.05, 3.63) is 51.6 Å². The molecule has 0 fully saturated rings. The smallest absolute Gasteiger partial charge is 0.134 e. The number of anilines is 1. The highest BCUT2D eigenvalue weighted by molar-refractivity contribution is 6.31. The van der Waals surface area contributed by atoms with Gasteiger partial charge in [0, 0.05) is 31.3 Å². The molecule has 0 radical (unpaired) electrons. The molecule has 1 aromatic heterocycles. The molecule has 0 saturated heterocycles. The van der Waals surface area contributed by atoms with Crippen LogP contribution in [0.4, 0.5) is 10.2 Å². The fourth-order valence-electron chi connectivity index (χ4n) is 2.01. The Morgan fingerprint density at radius 3 is 2.64 bits per heavy atom. The lowest BCUT2D eigenvalue weighted by molar-refractivity contribution is 0.205. The maximum atomic E-state index is 13.2. The van der Waals surface area contributed by atoms with Crippen LogP contribution in [0.2, 0.25) is 10.2 Å². The predicted molar refractivity (Wildman–Crippen MR) is 86.1 cm³/mol. The zero-order chi connectivity index (χ0) is 16.1. The predicted octanol–water partition coefficient (Wildman–Crippen LogP) is 3.88. The zero-order valence-electron chi connectivity index (χ0n) is 12.3. The maximum absolute atomic E-state index is 13.2. The molecule has 0 aliphatic rings. The molecule has 118 valence electrons. The molecule has 1 heterocycles. The quantitative estimate of drug-likeness (QED) is 0.746. The van der Waals surface area contributed by atoms with Crippen LogP contribution in [0.1, 0.15) is 11.4 Å². The molecule has 0 aliphatic carbocycles. The fraction of sp³-hybridized carbons (Fsp3) is 0.333. The number of rotatable bonds is 6. The van der Waals surface area contributed by atoms with Gasteiger partial charge in [0.05, 0.1) is 6.61 Å². The van der Waals surface area contributed by atoms with Crippen LogP contribution in [-0.4, -0.2) is 30.2 Å². The summed E-state index contributed by atoms with van der Waals surface area (Å²) in [5, 5.41) is 0.745. The molecule has 0 unspecified atom stereocenters. The van der Waals surface area contributed by atoms with Crippen molar-refractivity contribution in [1.29, 1.82) is 0 Å². The molecule has 0 amide bonds. The Morgan fingerprint density at radius 1 is 1.23 bits per heavy atom. The third kappa shape index (κ3) is 4.53. The largest absolute Gasteiger partial charge is 0.383 e. The van der Waals surface area contributed by atoms with Crippen molar-refractivity contribution in [1.82, 2.24) is 9.97 Å². The molecule has 0 aliphatic heterocycles. The lowest BCUT2D eigenvalue weighted by Gasteiger charge is -2.24. The van der Waals surface area contributed by atoms with E-state index in [2.05, 4.69) is 9.97 Å². The standard InChI is InChI=1S/C15H16Cl2FN3O/c1-10-19-14(17)8-15(20-10)21(5-6-22-2)9-11-3-4-12(18)7-13(11)16/h3-4,7-8H,5-6,9H2,1-2H3. The number of hydrogen-bond acceptors (Lipinski definition) is 4. The Labute approximate surface area is 138 Å². The van der Waals surface area contributed by atoms with Crippen LogP contribution in [0, 0.1) is 12.7 Å². The highest BCUT2D eigenvalue weighted by Crippen LogP contribution is 2.23. The molecule has 22 heavy (non-hydrogen) atoms. The van der Waals surface area contributed by atoms with Crippen molar-refractivity contribution in [2.24, 2.45) is 0 Å². The van der Waals surface area contributed by atoms with Gasteiger partial charge in [-0.15, -0.1) is 0 Å². The summed E-state index contributed by atoms with van der Waals surface area (Å²) < 4.78 is 18.3. The van der Waals surface area contributed by atoms with Crippen LogP contribution in [-0.2, 0) is 11.3 Å². The van der Waals surface area contributed by atoms with Crippen molar-refractivity contribution >= 4 is 29.0 Å². The van der Waals surface area contributed by atoms with E-state index in [0.717, 1.165) is 5.56 Å². The zero-order valence-corrected chi connectivity index (χ0v) is 13.8.